The maximum Gasteiger partial charge on any atom is 0.236 e. The van der Waals surface area contributed by atoms with E-state index in [0.29, 0.717) is 24.4 Å². The number of nitrogens with zero attached hydrogens (tertiary/aromatic N) is 2. The number of hydrogen-bond acceptors (Lipinski definition) is 3. The maximum absolute atomic E-state index is 12.4. The van der Waals surface area contributed by atoms with Crippen molar-refractivity contribution >= 4 is 18.3 Å². The molecule has 2 aliphatic heterocycles. The highest BCUT2D eigenvalue weighted by Crippen LogP contribution is 2.36. The molecule has 2 heterocycles. The average Bonchev–Trinajstić information content (AvgIpc) is 2.81. The molecule has 1 saturated carbocycles. The van der Waals surface area contributed by atoms with Crippen molar-refractivity contribution in [1.29, 1.82) is 0 Å². The van der Waals surface area contributed by atoms with Gasteiger partial charge >= 0.3 is 0 Å². The minimum absolute atomic E-state index is 0. The summed E-state index contributed by atoms with van der Waals surface area (Å²) in [6.45, 7) is 4.71. The van der Waals surface area contributed by atoms with Crippen LogP contribution in [0.15, 0.2) is 0 Å². The first-order valence-corrected chi connectivity index (χ1v) is 8.00. The van der Waals surface area contributed by atoms with Gasteiger partial charge in [-0.1, -0.05) is 12.8 Å². The summed E-state index contributed by atoms with van der Waals surface area (Å²) in [5, 5.41) is 0. The van der Waals surface area contributed by atoms with Gasteiger partial charge in [-0.15, -0.1) is 12.4 Å². The van der Waals surface area contributed by atoms with Gasteiger partial charge in [0.05, 0.1) is 6.54 Å². The zero-order chi connectivity index (χ0) is 13.2. The van der Waals surface area contributed by atoms with Gasteiger partial charge in [-0.05, 0) is 37.5 Å². The first kappa shape index (κ1) is 16.1. The van der Waals surface area contributed by atoms with Gasteiger partial charge in [0, 0.05) is 32.2 Å². The van der Waals surface area contributed by atoms with E-state index in [0.717, 1.165) is 32.1 Å². The molecule has 20 heavy (non-hydrogen) atoms. The summed E-state index contributed by atoms with van der Waals surface area (Å²) >= 11 is 0. The fourth-order valence-electron chi connectivity index (χ4n) is 4.14. The molecule has 3 unspecified atom stereocenters. The Bertz CT molecular complexity index is 331. The Labute approximate surface area is 128 Å². The van der Waals surface area contributed by atoms with E-state index in [2.05, 4.69) is 9.80 Å². The van der Waals surface area contributed by atoms with E-state index in [-0.39, 0.29) is 12.4 Å². The van der Waals surface area contributed by atoms with Crippen LogP contribution in [0.3, 0.4) is 0 Å². The van der Waals surface area contributed by atoms with Crippen molar-refractivity contribution in [2.24, 2.45) is 17.6 Å². The van der Waals surface area contributed by atoms with Crippen molar-refractivity contribution in [3.8, 4) is 0 Å². The van der Waals surface area contributed by atoms with Crippen LogP contribution in [0.4, 0.5) is 0 Å². The van der Waals surface area contributed by atoms with Crippen molar-refractivity contribution in [3.63, 3.8) is 0 Å². The van der Waals surface area contributed by atoms with Crippen molar-refractivity contribution in [3.05, 3.63) is 0 Å². The number of nitrogens with two attached hydrogens (primary N) is 1. The van der Waals surface area contributed by atoms with E-state index in [1.165, 1.54) is 38.5 Å². The molecule has 0 aromatic rings. The van der Waals surface area contributed by atoms with Crippen LogP contribution >= 0.6 is 12.4 Å². The van der Waals surface area contributed by atoms with Gasteiger partial charge in [0.15, 0.2) is 0 Å². The molecule has 3 aliphatic rings. The van der Waals surface area contributed by atoms with Crippen LogP contribution in [-0.2, 0) is 4.79 Å². The van der Waals surface area contributed by atoms with E-state index < -0.39 is 0 Å². The number of carbonyl (C=O) groups is 1. The lowest BCUT2D eigenvalue weighted by atomic mass is 9.98. The standard InChI is InChI=1S/C15H27N3O.ClH/c16-14-6-5-12-9-17(10-13(12)14)11-15(19)18-7-3-1-2-4-8-18;/h12-14H,1-11,16H2;1H. The van der Waals surface area contributed by atoms with Crippen LogP contribution < -0.4 is 5.73 Å². The highest BCUT2D eigenvalue weighted by molar-refractivity contribution is 5.85. The Morgan fingerprint density at radius 1 is 1.05 bits per heavy atom. The first-order chi connectivity index (χ1) is 9.24. The third kappa shape index (κ3) is 3.46. The van der Waals surface area contributed by atoms with Gasteiger partial charge in [0.1, 0.15) is 0 Å². The first-order valence-electron chi connectivity index (χ1n) is 8.00. The molecule has 3 fully saturated rings. The van der Waals surface area contributed by atoms with E-state index >= 15 is 0 Å². The minimum atomic E-state index is 0. The van der Waals surface area contributed by atoms with Gasteiger partial charge in [0.2, 0.25) is 5.91 Å². The number of amides is 1. The molecule has 0 bridgehead atoms. The second kappa shape index (κ2) is 7.10. The van der Waals surface area contributed by atoms with E-state index in [9.17, 15) is 4.79 Å². The summed E-state index contributed by atoms with van der Waals surface area (Å²) in [5.41, 5.74) is 6.15. The lowest BCUT2D eigenvalue weighted by molar-refractivity contribution is -0.132. The molecule has 0 aromatic heterocycles. The Morgan fingerprint density at radius 2 is 1.75 bits per heavy atom. The van der Waals surface area contributed by atoms with Crippen LogP contribution in [-0.4, -0.2) is 54.5 Å². The Kier molecular flexibility index (Phi) is 5.70. The number of rotatable bonds is 2. The predicted molar refractivity (Wildman–Crippen MR) is 82.9 cm³/mol. The number of fused-ring (bicyclic) bond motifs is 1. The maximum atomic E-state index is 12.4. The Hall–Kier alpha value is -0.320. The molecule has 1 amide bonds. The molecule has 3 atom stereocenters. The lowest BCUT2D eigenvalue weighted by Gasteiger charge is -2.24. The molecule has 4 nitrogen and oxygen atoms in total. The molecule has 0 aromatic carbocycles. The van der Waals surface area contributed by atoms with Gasteiger partial charge in [-0.3, -0.25) is 9.69 Å². The number of hydrogen-bond donors (Lipinski definition) is 1. The normalized spacial score (nSPS) is 34.5. The van der Waals surface area contributed by atoms with Crippen LogP contribution in [0.5, 0.6) is 0 Å². The van der Waals surface area contributed by atoms with Crippen LogP contribution in [0.1, 0.15) is 38.5 Å². The zero-order valence-electron chi connectivity index (χ0n) is 12.3. The zero-order valence-corrected chi connectivity index (χ0v) is 13.1. The van der Waals surface area contributed by atoms with Crippen molar-refractivity contribution < 1.29 is 4.79 Å². The van der Waals surface area contributed by atoms with Crippen LogP contribution in [0.2, 0.25) is 0 Å². The topological polar surface area (TPSA) is 49.6 Å². The molecule has 3 rings (SSSR count). The largest absolute Gasteiger partial charge is 0.342 e. The second-order valence-electron chi connectivity index (χ2n) is 6.65. The summed E-state index contributed by atoms with van der Waals surface area (Å²) in [4.78, 5) is 16.8. The minimum Gasteiger partial charge on any atom is -0.342 e. The van der Waals surface area contributed by atoms with Crippen molar-refractivity contribution in [1.82, 2.24) is 9.80 Å². The fraction of sp³-hybridized carbons (Fsp3) is 0.933. The van der Waals surface area contributed by atoms with Gasteiger partial charge in [0.25, 0.3) is 0 Å². The molecule has 116 valence electrons. The smallest absolute Gasteiger partial charge is 0.236 e. The van der Waals surface area contributed by atoms with Crippen LogP contribution in [0, 0.1) is 11.8 Å². The van der Waals surface area contributed by atoms with Gasteiger partial charge < -0.3 is 10.6 Å². The number of likely N-dealkylation sites (tertiary alicyclic amines) is 2. The monoisotopic (exact) mass is 301 g/mol. The molecule has 0 radical (unpaired) electrons. The number of carbonyl (C=O) groups excluding carboxylic acids is 1. The Balaban J connectivity index is 0.00000147. The molecule has 2 N–H and O–H groups in total. The quantitative estimate of drug-likeness (QED) is 0.840. The van der Waals surface area contributed by atoms with Gasteiger partial charge in [-0.2, -0.15) is 0 Å². The molecule has 1 aliphatic carbocycles. The Morgan fingerprint density at radius 3 is 2.40 bits per heavy atom. The molecular weight excluding hydrogens is 274 g/mol. The summed E-state index contributed by atoms with van der Waals surface area (Å²) < 4.78 is 0. The molecular formula is C15H28ClN3O. The molecule has 5 heteroatoms. The lowest BCUT2D eigenvalue weighted by Crippen LogP contribution is -2.41. The van der Waals surface area contributed by atoms with E-state index in [1.807, 2.05) is 0 Å². The van der Waals surface area contributed by atoms with E-state index in [1.54, 1.807) is 0 Å². The fourth-order valence-corrected chi connectivity index (χ4v) is 4.14. The molecule has 0 spiro atoms. The van der Waals surface area contributed by atoms with Crippen LogP contribution in [0.25, 0.3) is 0 Å². The summed E-state index contributed by atoms with van der Waals surface area (Å²) in [6, 6.07) is 0.378. The number of halogens is 1. The average molecular weight is 302 g/mol. The van der Waals surface area contributed by atoms with Gasteiger partial charge in [-0.25, -0.2) is 0 Å². The third-order valence-electron chi connectivity index (χ3n) is 5.31. The molecule has 2 saturated heterocycles. The summed E-state index contributed by atoms with van der Waals surface area (Å²) in [6.07, 6.45) is 7.38. The second-order valence-corrected chi connectivity index (χ2v) is 6.65. The SMILES string of the molecule is Cl.NC1CCC2CN(CC(=O)N3CCCCCC3)CC12. The summed E-state index contributed by atoms with van der Waals surface area (Å²) in [7, 11) is 0. The predicted octanol–water partition coefficient (Wildman–Crippen LogP) is 1.48. The van der Waals surface area contributed by atoms with E-state index in [4.69, 9.17) is 5.73 Å². The highest BCUT2D eigenvalue weighted by atomic mass is 35.5. The van der Waals surface area contributed by atoms with Crippen molar-refractivity contribution in [2.45, 2.75) is 44.6 Å². The highest BCUT2D eigenvalue weighted by Gasteiger charge is 2.41. The van der Waals surface area contributed by atoms with Crippen molar-refractivity contribution in [2.75, 3.05) is 32.7 Å². The summed E-state index contributed by atoms with van der Waals surface area (Å²) in [5.74, 6) is 1.75. The third-order valence-corrected chi connectivity index (χ3v) is 5.31.